The summed E-state index contributed by atoms with van der Waals surface area (Å²) in [6, 6.07) is 3.07. The van der Waals surface area contributed by atoms with E-state index in [1.807, 2.05) is 11.3 Å². The fourth-order valence-corrected chi connectivity index (χ4v) is 4.13. The molecule has 0 saturated carbocycles. The summed E-state index contributed by atoms with van der Waals surface area (Å²) < 4.78 is 0. The quantitative estimate of drug-likeness (QED) is 0.865. The third-order valence-electron chi connectivity index (χ3n) is 4.21. The molecule has 0 radical (unpaired) electrons. The standard InChI is InChI=1S/C13H20N2S/c1-2-13-12-6-14-5-11(12)8-15(13)7-10-3-4-16-9-10/h3-4,9,11-14H,2,5-8H2,1H3. The van der Waals surface area contributed by atoms with Crippen LogP contribution in [0, 0.1) is 11.8 Å². The zero-order valence-electron chi connectivity index (χ0n) is 9.86. The Hall–Kier alpha value is -0.380. The summed E-state index contributed by atoms with van der Waals surface area (Å²) in [6.07, 6.45) is 1.30. The van der Waals surface area contributed by atoms with Gasteiger partial charge in [0.15, 0.2) is 0 Å². The Bertz CT molecular complexity index is 336. The highest BCUT2D eigenvalue weighted by Gasteiger charge is 2.42. The fourth-order valence-electron chi connectivity index (χ4n) is 3.47. The Morgan fingerprint density at radius 1 is 1.50 bits per heavy atom. The minimum absolute atomic E-state index is 0.805. The molecule has 3 heteroatoms. The molecule has 0 aliphatic carbocycles. The highest BCUT2D eigenvalue weighted by molar-refractivity contribution is 7.07. The summed E-state index contributed by atoms with van der Waals surface area (Å²) in [4.78, 5) is 2.71. The summed E-state index contributed by atoms with van der Waals surface area (Å²) in [5.41, 5.74) is 1.50. The largest absolute Gasteiger partial charge is 0.316 e. The van der Waals surface area contributed by atoms with Crippen molar-refractivity contribution < 1.29 is 0 Å². The molecule has 16 heavy (non-hydrogen) atoms. The molecule has 3 atom stereocenters. The Labute approximate surface area is 102 Å². The number of rotatable bonds is 3. The van der Waals surface area contributed by atoms with Crippen molar-refractivity contribution in [2.45, 2.75) is 25.9 Å². The molecule has 3 heterocycles. The van der Waals surface area contributed by atoms with E-state index in [1.54, 1.807) is 0 Å². The summed E-state index contributed by atoms with van der Waals surface area (Å²) in [5.74, 6) is 1.81. The van der Waals surface area contributed by atoms with Gasteiger partial charge in [-0.1, -0.05) is 6.92 Å². The molecule has 2 saturated heterocycles. The lowest BCUT2D eigenvalue weighted by molar-refractivity contribution is 0.210. The molecule has 0 aromatic carbocycles. The van der Waals surface area contributed by atoms with Crippen molar-refractivity contribution in [3.05, 3.63) is 22.4 Å². The first-order valence-corrected chi connectivity index (χ1v) is 7.28. The maximum atomic E-state index is 3.54. The van der Waals surface area contributed by atoms with Crippen LogP contribution in [0.5, 0.6) is 0 Å². The van der Waals surface area contributed by atoms with Gasteiger partial charge in [0.25, 0.3) is 0 Å². The minimum atomic E-state index is 0.805. The molecule has 2 aliphatic rings. The third-order valence-corrected chi connectivity index (χ3v) is 4.94. The van der Waals surface area contributed by atoms with E-state index in [0.29, 0.717) is 0 Å². The lowest BCUT2D eigenvalue weighted by atomic mass is 9.93. The number of thiophene rings is 1. The number of nitrogens with zero attached hydrogens (tertiary/aromatic N) is 1. The number of fused-ring (bicyclic) bond motifs is 1. The predicted octanol–water partition coefficient (Wildman–Crippen LogP) is 2.18. The number of nitrogens with one attached hydrogen (secondary N) is 1. The molecular formula is C13H20N2S. The zero-order chi connectivity index (χ0) is 11.0. The molecule has 0 amide bonds. The van der Waals surface area contributed by atoms with Crippen molar-refractivity contribution in [3.8, 4) is 0 Å². The molecular weight excluding hydrogens is 216 g/mol. The summed E-state index contributed by atoms with van der Waals surface area (Å²) in [7, 11) is 0. The fraction of sp³-hybridized carbons (Fsp3) is 0.692. The first-order chi connectivity index (χ1) is 7.88. The van der Waals surface area contributed by atoms with E-state index in [-0.39, 0.29) is 0 Å². The van der Waals surface area contributed by atoms with Gasteiger partial charge in [-0.15, -0.1) is 0 Å². The molecule has 0 spiro atoms. The number of hydrogen-bond donors (Lipinski definition) is 1. The third kappa shape index (κ3) is 1.81. The molecule has 3 unspecified atom stereocenters. The number of likely N-dealkylation sites (tertiary alicyclic amines) is 1. The van der Waals surface area contributed by atoms with Gasteiger partial charge in [-0.2, -0.15) is 11.3 Å². The average Bonchev–Trinajstić information content (AvgIpc) is 2.93. The normalized spacial score (nSPS) is 34.4. The van der Waals surface area contributed by atoms with Gasteiger partial charge in [0.05, 0.1) is 0 Å². The van der Waals surface area contributed by atoms with E-state index in [9.17, 15) is 0 Å². The SMILES string of the molecule is CCC1C2CNCC2CN1Cc1ccsc1. The van der Waals surface area contributed by atoms with Gasteiger partial charge in [0.2, 0.25) is 0 Å². The van der Waals surface area contributed by atoms with Crippen molar-refractivity contribution in [3.63, 3.8) is 0 Å². The van der Waals surface area contributed by atoms with E-state index >= 15 is 0 Å². The van der Waals surface area contributed by atoms with E-state index < -0.39 is 0 Å². The highest BCUT2D eigenvalue weighted by atomic mass is 32.1. The molecule has 0 bridgehead atoms. The molecule has 88 valence electrons. The van der Waals surface area contributed by atoms with Crippen molar-refractivity contribution in [2.24, 2.45) is 11.8 Å². The van der Waals surface area contributed by atoms with Crippen molar-refractivity contribution in [2.75, 3.05) is 19.6 Å². The van der Waals surface area contributed by atoms with E-state index in [1.165, 1.54) is 31.6 Å². The van der Waals surface area contributed by atoms with Gasteiger partial charge in [-0.25, -0.2) is 0 Å². The lowest BCUT2D eigenvalue weighted by Crippen LogP contribution is -2.34. The molecule has 1 N–H and O–H groups in total. The maximum Gasteiger partial charge on any atom is 0.0245 e. The molecule has 2 aliphatic heterocycles. The molecule has 1 aromatic heterocycles. The second-order valence-electron chi connectivity index (χ2n) is 5.12. The number of hydrogen-bond acceptors (Lipinski definition) is 3. The molecule has 2 nitrogen and oxygen atoms in total. The van der Waals surface area contributed by atoms with Crippen LogP contribution >= 0.6 is 11.3 Å². The van der Waals surface area contributed by atoms with Crippen LogP contribution in [-0.2, 0) is 6.54 Å². The van der Waals surface area contributed by atoms with Crippen LogP contribution in [0.1, 0.15) is 18.9 Å². The minimum Gasteiger partial charge on any atom is -0.316 e. The van der Waals surface area contributed by atoms with Gasteiger partial charge < -0.3 is 5.32 Å². The predicted molar refractivity (Wildman–Crippen MR) is 68.7 cm³/mol. The van der Waals surface area contributed by atoms with Gasteiger partial charge in [0.1, 0.15) is 0 Å². The maximum absolute atomic E-state index is 3.54. The lowest BCUT2D eigenvalue weighted by Gasteiger charge is -2.26. The highest BCUT2D eigenvalue weighted by Crippen LogP contribution is 2.35. The zero-order valence-corrected chi connectivity index (χ0v) is 10.7. The van der Waals surface area contributed by atoms with Gasteiger partial charge in [-0.3, -0.25) is 4.90 Å². The Balaban J connectivity index is 1.71. The van der Waals surface area contributed by atoms with Gasteiger partial charge >= 0.3 is 0 Å². The van der Waals surface area contributed by atoms with Crippen molar-refractivity contribution >= 4 is 11.3 Å². The first-order valence-electron chi connectivity index (χ1n) is 6.34. The van der Waals surface area contributed by atoms with Crippen LogP contribution < -0.4 is 5.32 Å². The first kappa shape index (κ1) is 10.8. The van der Waals surface area contributed by atoms with Crippen LogP contribution in [0.3, 0.4) is 0 Å². The monoisotopic (exact) mass is 236 g/mol. The second kappa shape index (κ2) is 4.47. The average molecular weight is 236 g/mol. The molecule has 2 fully saturated rings. The summed E-state index contributed by atoms with van der Waals surface area (Å²) >= 11 is 1.81. The van der Waals surface area contributed by atoms with Crippen LogP contribution in [-0.4, -0.2) is 30.6 Å². The van der Waals surface area contributed by atoms with Crippen molar-refractivity contribution in [1.82, 2.24) is 10.2 Å². The Morgan fingerprint density at radius 3 is 3.19 bits per heavy atom. The van der Waals surface area contributed by atoms with Crippen LogP contribution in [0.2, 0.25) is 0 Å². The van der Waals surface area contributed by atoms with Gasteiger partial charge in [-0.05, 0) is 53.7 Å². The van der Waals surface area contributed by atoms with Crippen LogP contribution in [0.4, 0.5) is 0 Å². The topological polar surface area (TPSA) is 15.3 Å². The van der Waals surface area contributed by atoms with Gasteiger partial charge in [0, 0.05) is 19.1 Å². The summed E-state index contributed by atoms with van der Waals surface area (Å²) in [5, 5.41) is 8.02. The van der Waals surface area contributed by atoms with E-state index in [2.05, 4.69) is 34.0 Å². The molecule has 3 rings (SSSR count). The van der Waals surface area contributed by atoms with Crippen LogP contribution in [0.15, 0.2) is 16.8 Å². The van der Waals surface area contributed by atoms with Crippen molar-refractivity contribution in [1.29, 1.82) is 0 Å². The summed E-state index contributed by atoms with van der Waals surface area (Å²) in [6.45, 7) is 7.28. The second-order valence-corrected chi connectivity index (χ2v) is 5.90. The smallest absolute Gasteiger partial charge is 0.0245 e. The van der Waals surface area contributed by atoms with Crippen LogP contribution in [0.25, 0.3) is 0 Å². The molecule has 1 aromatic rings. The Morgan fingerprint density at radius 2 is 2.44 bits per heavy atom. The van der Waals surface area contributed by atoms with E-state index in [0.717, 1.165) is 24.4 Å². The van der Waals surface area contributed by atoms with E-state index in [4.69, 9.17) is 0 Å². The Kier molecular flexibility index (Phi) is 3.01.